The third-order valence-electron chi connectivity index (χ3n) is 2.31. The van der Waals surface area contributed by atoms with Crippen LogP contribution in [0.5, 0.6) is 0 Å². The summed E-state index contributed by atoms with van der Waals surface area (Å²) < 4.78 is 26.6. The average Bonchev–Trinajstić information content (AvgIpc) is 2.18. The van der Waals surface area contributed by atoms with Crippen molar-refractivity contribution < 1.29 is 8.42 Å². The number of thiocarbonyl (C=S) groups is 1. The number of nitrogens with one attached hydrogen (secondary N) is 1. The van der Waals surface area contributed by atoms with E-state index in [4.69, 9.17) is 18.0 Å². The highest BCUT2D eigenvalue weighted by atomic mass is 32.2. The molecule has 0 aromatic heterocycles. The van der Waals surface area contributed by atoms with Gasteiger partial charge < -0.3 is 5.73 Å². The van der Waals surface area contributed by atoms with Gasteiger partial charge in [0.2, 0.25) is 0 Å². The fourth-order valence-corrected chi connectivity index (χ4v) is 2.56. The monoisotopic (exact) mass is 252 g/mol. The first-order valence-corrected chi connectivity index (χ1v) is 6.50. The van der Waals surface area contributed by atoms with E-state index in [1.807, 2.05) is 4.90 Å². The molecule has 0 aromatic carbocycles. The Kier molecular flexibility index (Phi) is 4.41. The van der Waals surface area contributed by atoms with Crippen molar-refractivity contribution in [2.45, 2.75) is 0 Å². The van der Waals surface area contributed by atoms with Gasteiger partial charge in [-0.05, 0) is 0 Å². The Balaban J connectivity index is 2.46. The van der Waals surface area contributed by atoms with E-state index < -0.39 is 10.2 Å². The number of nitrogens with zero attached hydrogens (tertiary/aromatic N) is 2. The molecule has 1 rings (SSSR count). The molecule has 0 amide bonds. The van der Waals surface area contributed by atoms with Gasteiger partial charge in [0, 0.05) is 39.8 Å². The Bertz CT molecular complexity index is 322. The van der Waals surface area contributed by atoms with Gasteiger partial charge in [0.05, 0.1) is 4.99 Å². The molecule has 8 heteroatoms. The van der Waals surface area contributed by atoms with Crippen LogP contribution in [0.25, 0.3) is 0 Å². The second-order valence-corrected chi connectivity index (χ2v) is 5.75. The Labute approximate surface area is 95.6 Å². The molecule has 1 heterocycles. The van der Waals surface area contributed by atoms with E-state index in [1.54, 1.807) is 0 Å². The van der Waals surface area contributed by atoms with Crippen LogP contribution in [0.3, 0.4) is 0 Å². The van der Waals surface area contributed by atoms with Crippen LogP contribution in [-0.4, -0.2) is 62.4 Å². The lowest BCUT2D eigenvalue weighted by molar-refractivity contribution is 0.208. The van der Waals surface area contributed by atoms with E-state index in [9.17, 15) is 8.42 Å². The Morgan fingerprint density at radius 2 is 1.93 bits per heavy atom. The lowest BCUT2D eigenvalue weighted by atomic mass is 10.3. The fraction of sp³-hybridized carbons (Fsp3) is 0.857. The SMILES string of the molecule is CNS(=O)(=O)N1CCN(CC(N)=S)CC1. The Morgan fingerprint density at radius 1 is 1.40 bits per heavy atom. The van der Waals surface area contributed by atoms with Crippen LogP contribution in [-0.2, 0) is 10.2 Å². The van der Waals surface area contributed by atoms with E-state index in [0.29, 0.717) is 37.7 Å². The van der Waals surface area contributed by atoms with Crippen molar-refractivity contribution in [3.8, 4) is 0 Å². The quantitative estimate of drug-likeness (QED) is 0.586. The summed E-state index contributed by atoms with van der Waals surface area (Å²) in [5.41, 5.74) is 5.42. The highest BCUT2D eigenvalue weighted by Gasteiger charge is 2.25. The maximum absolute atomic E-state index is 11.4. The summed E-state index contributed by atoms with van der Waals surface area (Å²) >= 11 is 4.79. The van der Waals surface area contributed by atoms with Gasteiger partial charge in [-0.25, -0.2) is 4.72 Å². The number of hydrogen-bond acceptors (Lipinski definition) is 4. The van der Waals surface area contributed by atoms with Crippen LogP contribution in [0.2, 0.25) is 0 Å². The molecule has 1 aliphatic heterocycles. The summed E-state index contributed by atoms with van der Waals surface area (Å²) in [4.78, 5) is 2.49. The van der Waals surface area contributed by atoms with Crippen LogP contribution in [0.15, 0.2) is 0 Å². The van der Waals surface area contributed by atoms with Crippen molar-refractivity contribution in [2.75, 3.05) is 39.8 Å². The van der Waals surface area contributed by atoms with Gasteiger partial charge in [-0.2, -0.15) is 12.7 Å². The molecule has 1 fully saturated rings. The molecule has 0 spiro atoms. The molecular weight excluding hydrogens is 236 g/mol. The van der Waals surface area contributed by atoms with Crippen molar-refractivity contribution in [1.29, 1.82) is 0 Å². The standard InChI is InChI=1S/C7H16N4O2S2/c1-9-15(12,13)11-4-2-10(3-5-11)6-7(8)14/h9H,2-6H2,1H3,(H2,8,14). The lowest BCUT2D eigenvalue weighted by Gasteiger charge is -2.33. The van der Waals surface area contributed by atoms with Gasteiger partial charge in [0.25, 0.3) is 10.2 Å². The minimum absolute atomic E-state index is 0.444. The molecule has 88 valence electrons. The predicted molar refractivity (Wildman–Crippen MR) is 62.8 cm³/mol. The van der Waals surface area contributed by atoms with Crippen LogP contribution in [0.4, 0.5) is 0 Å². The molecule has 0 aliphatic carbocycles. The van der Waals surface area contributed by atoms with Gasteiger partial charge in [-0.3, -0.25) is 4.90 Å². The Morgan fingerprint density at radius 3 is 2.33 bits per heavy atom. The highest BCUT2D eigenvalue weighted by molar-refractivity contribution is 7.87. The smallest absolute Gasteiger partial charge is 0.279 e. The number of piperazine rings is 1. The number of nitrogens with two attached hydrogens (primary N) is 1. The third kappa shape index (κ3) is 3.65. The zero-order valence-electron chi connectivity index (χ0n) is 8.64. The summed E-state index contributed by atoms with van der Waals surface area (Å²) in [6, 6.07) is 0. The second kappa shape index (κ2) is 5.17. The largest absolute Gasteiger partial charge is 0.392 e. The first-order chi connectivity index (χ1) is 6.95. The molecule has 0 bridgehead atoms. The van der Waals surface area contributed by atoms with E-state index in [2.05, 4.69) is 4.72 Å². The maximum Gasteiger partial charge on any atom is 0.279 e. The van der Waals surface area contributed by atoms with Crippen molar-refractivity contribution in [1.82, 2.24) is 13.9 Å². The van der Waals surface area contributed by atoms with Crippen LogP contribution in [0.1, 0.15) is 0 Å². The topological polar surface area (TPSA) is 78.7 Å². The summed E-state index contributed by atoms with van der Waals surface area (Å²) in [5, 5.41) is 0. The van der Waals surface area contributed by atoms with Crippen LogP contribution in [0, 0.1) is 0 Å². The van der Waals surface area contributed by atoms with Crippen molar-refractivity contribution in [3.05, 3.63) is 0 Å². The first kappa shape index (κ1) is 12.8. The number of hydrogen-bond donors (Lipinski definition) is 2. The summed E-state index contributed by atoms with van der Waals surface area (Å²) in [6.07, 6.45) is 0. The molecular formula is C7H16N4O2S2. The van der Waals surface area contributed by atoms with Gasteiger partial charge in [0.15, 0.2) is 0 Å². The zero-order chi connectivity index (χ0) is 11.5. The molecule has 0 atom stereocenters. The molecule has 1 saturated heterocycles. The normalized spacial score (nSPS) is 20.3. The molecule has 0 aromatic rings. The maximum atomic E-state index is 11.4. The lowest BCUT2D eigenvalue weighted by Crippen LogP contribution is -2.52. The first-order valence-electron chi connectivity index (χ1n) is 4.65. The summed E-state index contributed by atoms with van der Waals surface area (Å²) in [5.74, 6) is 0. The van der Waals surface area contributed by atoms with Crippen molar-refractivity contribution >= 4 is 27.4 Å². The molecule has 3 N–H and O–H groups in total. The zero-order valence-corrected chi connectivity index (χ0v) is 10.3. The van der Waals surface area contributed by atoms with E-state index in [0.717, 1.165) is 0 Å². The van der Waals surface area contributed by atoms with Crippen LogP contribution < -0.4 is 10.5 Å². The fourth-order valence-electron chi connectivity index (χ4n) is 1.48. The van der Waals surface area contributed by atoms with Gasteiger partial charge in [-0.1, -0.05) is 12.2 Å². The number of rotatable bonds is 4. The van der Waals surface area contributed by atoms with E-state index in [-0.39, 0.29) is 0 Å². The molecule has 0 radical (unpaired) electrons. The summed E-state index contributed by atoms with van der Waals surface area (Å²) in [7, 11) is -1.87. The van der Waals surface area contributed by atoms with Crippen LogP contribution >= 0.6 is 12.2 Å². The van der Waals surface area contributed by atoms with Gasteiger partial charge in [0.1, 0.15) is 0 Å². The average molecular weight is 252 g/mol. The molecule has 0 unspecified atom stereocenters. The predicted octanol–water partition coefficient (Wildman–Crippen LogP) is -1.65. The molecule has 1 aliphatic rings. The second-order valence-electron chi connectivity index (χ2n) is 3.35. The van der Waals surface area contributed by atoms with Crippen molar-refractivity contribution in [3.63, 3.8) is 0 Å². The molecule has 15 heavy (non-hydrogen) atoms. The van der Waals surface area contributed by atoms with Crippen molar-refractivity contribution in [2.24, 2.45) is 5.73 Å². The molecule has 0 saturated carbocycles. The van der Waals surface area contributed by atoms with Gasteiger partial charge >= 0.3 is 0 Å². The van der Waals surface area contributed by atoms with E-state index >= 15 is 0 Å². The minimum Gasteiger partial charge on any atom is -0.392 e. The van der Waals surface area contributed by atoms with Gasteiger partial charge in [-0.15, -0.1) is 0 Å². The molecule has 6 nitrogen and oxygen atoms in total. The highest BCUT2D eigenvalue weighted by Crippen LogP contribution is 2.05. The Hall–Kier alpha value is -0.280. The minimum atomic E-state index is -3.28. The third-order valence-corrected chi connectivity index (χ3v) is 4.00. The summed E-state index contributed by atoms with van der Waals surface area (Å²) in [6.45, 7) is 2.84. The van der Waals surface area contributed by atoms with E-state index in [1.165, 1.54) is 11.4 Å².